The second-order valence-electron chi connectivity index (χ2n) is 3.54. The molecule has 0 spiro atoms. The Bertz CT molecular complexity index is 356. The van der Waals surface area contributed by atoms with Gasteiger partial charge in [-0.05, 0) is 18.6 Å². The van der Waals surface area contributed by atoms with E-state index < -0.39 is 7.75 Å². The van der Waals surface area contributed by atoms with Crippen LogP contribution in [-0.2, 0) is 9.09 Å². The van der Waals surface area contributed by atoms with Gasteiger partial charge >= 0.3 is 7.75 Å². The fourth-order valence-electron chi connectivity index (χ4n) is 1.20. The Balaban J connectivity index is 2.65. The van der Waals surface area contributed by atoms with Gasteiger partial charge in [-0.2, -0.15) is 0 Å². The minimum Gasteiger partial charge on any atom is -0.308 e. The van der Waals surface area contributed by atoms with Crippen molar-refractivity contribution >= 4 is 13.4 Å². The quantitative estimate of drug-likeness (QED) is 0.616. The second kappa shape index (κ2) is 6.04. The Hall–Kier alpha value is -0.830. The first-order valence-corrected chi connectivity index (χ1v) is 6.87. The van der Waals surface area contributed by atoms with Crippen LogP contribution in [0.15, 0.2) is 30.3 Å². The van der Waals surface area contributed by atoms with Crippen molar-refractivity contribution in [3.63, 3.8) is 0 Å². The van der Waals surface area contributed by atoms with E-state index >= 15 is 0 Å². The van der Waals surface area contributed by atoms with E-state index in [1.54, 1.807) is 19.2 Å². The summed E-state index contributed by atoms with van der Waals surface area (Å²) in [7, 11) is -2.14. The van der Waals surface area contributed by atoms with Gasteiger partial charge in [0.15, 0.2) is 0 Å². The highest BCUT2D eigenvalue weighted by molar-refractivity contribution is 7.54. The highest BCUT2D eigenvalue weighted by Gasteiger charge is 2.26. The molecule has 0 amide bonds. The zero-order chi connectivity index (χ0) is 12.0. The average molecular weight is 243 g/mol. The summed E-state index contributed by atoms with van der Waals surface area (Å²) in [5, 5.41) is 0. The van der Waals surface area contributed by atoms with E-state index in [1.807, 2.05) is 25.1 Å². The van der Waals surface area contributed by atoms with Crippen molar-refractivity contribution in [3.05, 3.63) is 30.3 Å². The number of rotatable bonds is 6. The normalized spacial score (nSPS) is 14.4. The van der Waals surface area contributed by atoms with Gasteiger partial charge in [0.05, 0.1) is 6.61 Å². The van der Waals surface area contributed by atoms with Gasteiger partial charge in [0.25, 0.3) is 0 Å². The summed E-state index contributed by atoms with van der Waals surface area (Å²) in [5.41, 5.74) is 0.671. The molecule has 4 nitrogen and oxygen atoms in total. The summed E-state index contributed by atoms with van der Waals surface area (Å²) in [6.07, 6.45) is 1.72. The van der Waals surface area contributed by atoms with Crippen LogP contribution in [0, 0.1) is 0 Å². The Kier molecular flexibility index (Phi) is 5.00. The number of hydrogen-bond donors (Lipinski definition) is 1. The fraction of sp³-hybridized carbons (Fsp3) is 0.455. The van der Waals surface area contributed by atoms with E-state index in [0.717, 1.165) is 12.8 Å². The van der Waals surface area contributed by atoms with Gasteiger partial charge in [0, 0.05) is 12.7 Å². The summed E-state index contributed by atoms with van der Waals surface area (Å²) in [6.45, 7) is 2.31. The van der Waals surface area contributed by atoms with Crippen LogP contribution in [0.3, 0.4) is 0 Å². The molecule has 0 fully saturated rings. The maximum atomic E-state index is 11.8. The minimum absolute atomic E-state index is 0.307. The predicted octanol–water partition coefficient (Wildman–Crippen LogP) is 3.04. The number of nitrogens with zero attached hydrogens (tertiary/aromatic N) is 1. The summed E-state index contributed by atoms with van der Waals surface area (Å²) >= 11 is 0. The van der Waals surface area contributed by atoms with Crippen molar-refractivity contribution in [2.24, 2.45) is 0 Å². The molecule has 0 radical (unpaired) electrons. The summed E-state index contributed by atoms with van der Waals surface area (Å²) < 4.78 is 18.2. The molecule has 90 valence electrons. The predicted molar refractivity (Wildman–Crippen MR) is 65.5 cm³/mol. The SMILES string of the molecule is CCCCOP(=O)(O)N(C)c1ccccc1. The van der Waals surface area contributed by atoms with Crippen LogP contribution in [0.25, 0.3) is 0 Å². The lowest BCUT2D eigenvalue weighted by molar-refractivity contribution is 0.254. The van der Waals surface area contributed by atoms with E-state index in [0.29, 0.717) is 12.3 Å². The zero-order valence-electron chi connectivity index (χ0n) is 9.67. The molecular formula is C11H18NO3P. The van der Waals surface area contributed by atoms with Gasteiger partial charge in [-0.3, -0.25) is 9.19 Å². The van der Waals surface area contributed by atoms with Crippen molar-refractivity contribution in [1.82, 2.24) is 0 Å². The zero-order valence-corrected chi connectivity index (χ0v) is 10.6. The first kappa shape index (κ1) is 13.2. The molecular weight excluding hydrogens is 225 g/mol. The first-order chi connectivity index (χ1) is 7.58. The smallest absolute Gasteiger partial charge is 0.308 e. The van der Waals surface area contributed by atoms with Crippen molar-refractivity contribution in [2.45, 2.75) is 19.8 Å². The minimum atomic E-state index is -3.70. The molecule has 0 aliphatic rings. The average Bonchev–Trinajstić information content (AvgIpc) is 2.29. The molecule has 1 unspecified atom stereocenters. The van der Waals surface area contributed by atoms with Crippen LogP contribution in [0.5, 0.6) is 0 Å². The number of para-hydroxylation sites is 1. The van der Waals surface area contributed by atoms with E-state index in [4.69, 9.17) is 4.52 Å². The van der Waals surface area contributed by atoms with E-state index in [9.17, 15) is 9.46 Å². The van der Waals surface area contributed by atoms with Gasteiger partial charge in [0.2, 0.25) is 0 Å². The third kappa shape index (κ3) is 3.63. The number of unbranched alkanes of at least 4 members (excludes halogenated alkanes) is 1. The van der Waals surface area contributed by atoms with Gasteiger partial charge < -0.3 is 4.89 Å². The van der Waals surface area contributed by atoms with Crippen LogP contribution in [0.2, 0.25) is 0 Å². The third-order valence-corrected chi connectivity index (χ3v) is 3.77. The van der Waals surface area contributed by atoms with Crippen LogP contribution < -0.4 is 4.67 Å². The number of anilines is 1. The van der Waals surface area contributed by atoms with Crippen LogP contribution >= 0.6 is 7.75 Å². The fourth-order valence-corrected chi connectivity index (χ4v) is 2.17. The topological polar surface area (TPSA) is 49.8 Å². The van der Waals surface area contributed by atoms with Crippen molar-refractivity contribution < 1.29 is 14.0 Å². The lowest BCUT2D eigenvalue weighted by atomic mass is 10.3. The highest BCUT2D eigenvalue weighted by atomic mass is 31.2. The molecule has 1 N–H and O–H groups in total. The van der Waals surface area contributed by atoms with Crippen LogP contribution in [0.1, 0.15) is 19.8 Å². The third-order valence-electron chi connectivity index (χ3n) is 2.27. The summed E-state index contributed by atoms with van der Waals surface area (Å²) in [6, 6.07) is 9.03. The van der Waals surface area contributed by atoms with Gasteiger partial charge in [-0.1, -0.05) is 31.5 Å². The molecule has 0 aromatic heterocycles. The standard InChI is InChI=1S/C11H18NO3P/c1-3-4-10-15-16(13,14)12(2)11-8-6-5-7-9-11/h5-9H,3-4,10H2,1-2H3,(H,13,14). The molecule has 0 saturated heterocycles. The molecule has 0 bridgehead atoms. The molecule has 1 aromatic carbocycles. The maximum absolute atomic E-state index is 11.8. The number of hydrogen-bond acceptors (Lipinski definition) is 2. The van der Waals surface area contributed by atoms with Gasteiger partial charge in [0.1, 0.15) is 0 Å². The largest absolute Gasteiger partial charge is 0.432 e. The van der Waals surface area contributed by atoms with E-state index in [1.165, 1.54) is 4.67 Å². The number of benzene rings is 1. The van der Waals surface area contributed by atoms with Crippen molar-refractivity contribution in [1.29, 1.82) is 0 Å². The first-order valence-electron chi connectivity index (χ1n) is 5.34. The second-order valence-corrected chi connectivity index (χ2v) is 5.38. The Morgan fingerprint density at radius 1 is 1.38 bits per heavy atom. The Morgan fingerprint density at radius 3 is 2.56 bits per heavy atom. The monoisotopic (exact) mass is 243 g/mol. The molecule has 0 aliphatic carbocycles. The Labute approximate surface area is 96.4 Å². The van der Waals surface area contributed by atoms with E-state index in [-0.39, 0.29) is 0 Å². The van der Waals surface area contributed by atoms with Crippen molar-refractivity contribution in [2.75, 3.05) is 18.3 Å². The molecule has 5 heteroatoms. The molecule has 16 heavy (non-hydrogen) atoms. The van der Waals surface area contributed by atoms with Gasteiger partial charge in [-0.25, -0.2) is 4.57 Å². The van der Waals surface area contributed by atoms with E-state index in [2.05, 4.69) is 0 Å². The maximum Gasteiger partial charge on any atom is 0.432 e. The molecule has 1 aromatic rings. The molecule has 0 heterocycles. The summed E-state index contributed by atoms with van der Waals surface area (Å²) in [4.78, 5) is 9.72. The lowest BCUT2D eigenvalue weighted by Crippen LogP contribution is -2.15. The lowest BCUT2D eigenvalue weighted by Gasteiger charge is -2.24. The van der Waals surface area contributed by atoms with Crippen LogP contribution in [0.4, 0.5) is 5.69 Å². The molecule has 1 rings (SSSR count). The Morgan fingerprint density at radius 2 is 2.00 bits per heavy atom. The molecule has 0 saturated carbocycles. The van der Waals surface area contributed by atoms with Crippen LogP contribution in [-0.4, -0.2) is 18.5 Å². The molecule has 1 atom stereocenters. The molecule has 0 aliphatic heterocycles. The summed E-state index contributed by atoms with van der Waals surface area (Å²) in [5.74, 6) is 0. The van der Waals surface area contributed by atoms with Gasteiger partial charge in [-0.15, -0.1) is 0 Å². The van der Waals surface area contributed by atoms with Crippen molar-refractivity contribution in [3.8, 4) is 0 Å². The highest BCUT2D eigenvalue weighted by Crippen LogP contribution is 2.47.